The topological polar surface area (TPSA) is 82.0 Å². The smallest absolute Gasteiger partial charge is 0.333 e. The molecule has 0 saturated carbocycles. The van der Waals surface area contributed by atoms with E-state index in [1.54, 1.807) is 0 Å². The van der Waals surface area contributed by atoms with Gasteiger partial charge in [-0.3, -0.25) is 0 Å². The molecule has 0 unspecified atom stereocenters. The van der Waals surface area contributed by atoms with Crippen LogP contribution in [0, 0.1) is 0 Å². The Labute approximate surface area is 130 Å². The second kappa shape index (κ2) is 9.68. The number of carbonyl (C=O) groups excluding carboxylic acids is 3. The third kappa shape index (κ3) is 6.99. The lowest BCUT2D eigenvalue weighted by Crippen LogP contribution is -2.39. The molecule has 0 rings (SSSR count). The van der Waals surface area contributed by atoms with Crippen molar-refractivity contribution in [2.75, 3.05) is 13.2 Å². The number of isocyanates is 1. The molecule has 0 spiro atoms. The maximum absolute atomic E-state index is 11.5. The molecule has 0 aliphatic heterocycles. The number of rotatable bonds is 10. The van der Waals surface area contributed by atoms with Gasteiger partial charge in [-0.25, -0.2) is 14.4 Å². The Morgan fingerprint density at radius 2 is 1.55 bits per heavy atom. The van der Waals surface area contributed by atoms with Crippen LogP contribution >= 0.6 is 0 Å². The van der Waals surface area contributed by atoms with Crippen molar-refractivity contribution in [3.63, 3.8) is 0 Å². The van der Waals surface area contributed by atoms with Crippen LogP contribution < -0.4 is 0 Å². The fourth-order valence-electron chi connectivity index (χ4n) is 1.56. The van der Waals surface area contributed by atoms with Crippen molar-refractivity contribution in [3.05, 3.63) is 24.3 Å². The molecule has 0 N–H and O–H groups in total. The maximum atomic E-state index is 11.5. The maximum Gasteiger partial charge on any atom is 0.333 e. The molecule has 0 aliphatic rings. The second-order valence-electron chi connectivity index (χ2n) is 5.24. The van der Waals surface area contributed by atoms with Crippen molar-refractivity contribution >= 4 is 18.0 Å². The fraction of sp³-hybridized carbons (Fsp3) is 0.562. The van der Waals surface area contributed by atoms with E-state index in [0.717, 1.165) is 12.8 Å². The largest absolute Gasteiger partial charge is 0.460 e. The van der Waals surface area contributed by atoms with Gasteiger partial charge in [-0.2, -0.15) is 4.99 Å². The first-order valence-electron chi connectivity index (χ1n) is 7.02. The number of hydrogen-bond acceptors (Lipinski definition) is 6. The van der Waals surface area contributed by atoms with E-state index in [2.05, 4.69) is 18.2 Å². The number of nitrogens with zero attached hydrogens (tertiary/aromatic N) is 1. The Balaban J connectivity index is 5.09. The minimum absolute atomic E-state index is 0.183. The second-order valence-corrected chi connectivity index (χ2v) is 5.24. The van der Waals surface area contributed by atoms with Gasteiger partial charge in [0.25, 0.3) is 0 Å². The number of esters is 2. The van der Waals surface area contributed by atoms with Crippen LogP contribution in [0.2, 0.25) is 0 Å². The Bertz CT molecular complexity index is 459. The van der Waals surface area contributed by atoms with Gasteiger partial charge in [0.05, 0.1) is 0 Å². The predicted octanol–water partition coefficient (Wildman–Crippen LogP) is 2.49. The number of aliphatic imine (C=N–C) groups is 1. The third-order valence-corrected chi connectivity index (χ3v) is 2.92. The van der Waals surface area contributed by atoms with Crippen molar-refractivity contribution in [1.82, 2.24) is 0 Å². The van der Waals surface area contributed by atoms with Gasteiger partial charge in [0.15, 0.2) is 0 Å². The monoisotopic (exact) mass is 309 g/mol. The van der Waals surface area contributed by atoms with Crippen LogP contribution in [-0.2, 0) is 23.9 Å². The van der Waals surface area contributed by atoms with Gasteiger partial charge in [0.1, 0.15) is 18.8 Å². The Morgan fingerprint density at radius 1 is 1.09 bits per heavy atom. The van der Waals surface area contributed by atoms with Crippen LogP contribution in [0.15, 0.2) is 29.3 Å². The van der Waals surface area contributed by atoms with E-state index in [0.29, 0.717) is 6.42 Å². The first kappa shape index (κ1) is 19.8. The molecule has 0 aliphatic carbocycles. The average Bonchev–Trinajstić information content (AvgIpc) is 2.47. The van der Waals surface area contributed by atoms with Crippen LogP contribution in [-0.4, -0.2) is 36.8 Å². The molecule has 0 atom stereocenters. The van der Waals surface area contributed by atoms with Gasteiger partial charge < -0.3 is 9.47 Å². The van der Waals surface area contributed by atoms with Gasteiger partial charge in [0, 0.05) is 11.1 Å². The van der Waals surface area contributed by atoms with E-state index >= 15 is 0 Å². The molecule has 0 amide bonds. The highest BCUT2D eigenvalue weighted by molar-refractivity contribution is 5.87. The van der Waals surface area contributed by atoms with Crippen LogP contribution in [0.5, 0.6) is 0 Å². The lowest BCUT2D eigenvalue weighted by atomic mass is 9.95. The number of hydrogen-bond donors (Lipinski definition) is 0. The summed E-state index contributed by atoms with van der Waals surface area (Å²) in [5.41, 5.74) is -0.662. The van der Waals surface area contributed by atoms with Crippen LogP contribution in [0.25, 0.3) is 0 Å². The van der Waals surface area contributed by atoms with E-state index in [1.807, 2.05) is 6.92 Å². The Kier molecular flexibility index (Phi) is 8.72. The van der Waals surface area contributed by atoms with Gasteiger partial charge in [-0.1, -0.05) is 32.9 Å². The first-order chi connectivity index (χ1) is 10.3. The summed E-state index contributed by atoms with van der Waals surface area (Å²) >= 11 is 0. The Morgan fingerprint density at radius 3 is 1.86 bits per heavy atom. The van der Waals surface area contributed by atoms with Gasteiger partial charge in [-0.05, 0) is 20.3 Å². The molecular formula is C16H23NO5. The molecule has 22 heavy (non-hydrogen) atoms. The van der Waals surface area contributed by atoms with E-state index in [4.69, 9.17) is 9.47 Å². The highest BCUT2D eigenvalue weighted by Gasteiger charge is 2.33. The van der Waals surface area contributed by atoms with E-state index in [-0.39, 0.29) is 24.4 Å². The average molecular weight is 309 g/mol. The minimum Gasteiger partial charge on any atom is -0.460 e. The highest BCUT2D eigenvalue weighted by Crippen LogP contribution is 2.21. The molecule has 6 nitrogen and oxygen atoms in total. The third-order valence-electron chi connectivity index (χ3n) is 2.92. The summed E-state index contributed by atoms with van der Waals surface area (Å²) in [4.78, 5) is 37.5. The SMILES string of the molecule is C=C(C)C(=O)OCC(CCCC)(COC(=O)C(=C)C)N=C=O. The normalized spacial score (nSPS) is 10.3. The molecule has 0 heterocycles. The molecule has 0 aromatic rings. The van der Waals surface area contributed by atoms with Crippen molar-refractivity contribution < 1.29 is 23.9 Å². The zero-order chi connectivity index (χ0) is 17.2. The van der Waals surface area contributed by atoms with Gasteiger partial charge >= 0.3 is 11.9 Å². The van der Waals surface area contributed by atoms with E-state index in [1.165, 1.54) is 19.9 Å². The fourth-order valence-corrected chi connectivity index (χ4v) is 1.56. The van der Waals surface area contributed by atoms with Crippen LogP contribution in [0.3, 0.4) is 0 Å². The lowest BCUT2D eigenvalue weighted by Gasteiger charge is -2.27. The number of unbranched alkanes of at least 4 members (excludes halogenated alkanes) is 1. The molecule has 0 aromatic heterocycles. The molecule has 0 fully saturated rings. The summed E-state index contributed by atoms with van der Waals surface area (Å²) in [5.74, 6) is -1.18. The predicted molar refractivity (Wildman–Crippen MR) is 81.9 cm³/mol. The van der Waals surface area contributed by atoms with Crippen LogP contribution in [0.4, 0.5) is 0 Å². The standard InChI is InChI=1S/C16H23NO5/c1-6-7-8-16(17-11-18,9-21-14(19)12(2)3)10-22-15(20)13(4)5/h2,4,6-10H2,1,3,5H3. The van der Waals surface area contributed by atoms with Crippen molar-refractivity contribution in [1.29, 1.82) is 0 Å². The number of carbonyl (C=O) groups is 2. The summed E-state index contributed by atoms with van der Waals surface area (Å²) in [6.45, 7) is 11.6. The molecule has 0 saturated heterocycles. The van der Waals surface area contributed by atoms with Crippen LogP contribution in [0.1, 0.15) is 40.0 Å². The zero-order valence-electron chi connectivity index (χ0n) is 13.4. The van der Waals surface area contributed by atoms with Crippen molar-refractivity contribution in [3.8, 4) is 0 Å². The lowest BCUT2D eigenvalue weighted by molar-refractivity contribution is -0.145. The molecule has 122 valence electrons. The quantitative estimate of drug-likeness (QED) is 0.268. The van der Waals surface area contributed by atoms with Gasteiger partial charge in [-0.15, -0.1) is 0 Å². The first-order valence-corrected chi connectivity index (χ1v) is 7.02. The molecular weight excluding hydrogens is 286 g/mol. The Hall–Kier alpha value is -2.20. The molecule has 6 heteroatoms. The van der Waals surface area contributed by atoms with E-state index in [9.17, 15) is 14.4 Å². The summed E-state index contributed by atoms with van der Waals surface area (Å²) < 4.78 is 10.2. The molecule has 0 aromatic carbocycles. The summed E-state index contributed by atoms with van der Waals surface area (Å²) in [5, 5.41) is 0. The van der Waals surface area contributed by atoms with Crippen molar-refractivity contribution in [2.45, 2.75) is 45.6 Å². The summed E-state index contributed by atoms with van der Waals surface area (Å²) in [6.07, 6.45) is 3.46. The summed E-state index contributed by atoms with van der Waals surface area (Å²) in [6, 6.07) is 0. The number of ether oxygens (including phenoxy) is 2. The summed E-state index contributed by atoms with van der Waals surface area (Å²) in [7, 11) is 0. The minimum atomic E-state index is -1.13. The molecule has 0 radical (unpaired) electrons. The highest BCUT2D eigenvalue weighted by atomic mass is 16.5. The van der Waals surface area contributed by atoms with Crippen molar-refractivity contribution in [2.24, 2.45) is 4.99 Å². The van der Waals surface area contributed by atoms with E-state index < -0.39 is 17.5 Å². The zero-order valence-corrected chi connectivity index (χ0v) is 13.4. The van der Waals surface area contributed by atoms with Gasteiger partial charge in [0.2, 0.25) is 6.08 Å². The molecule has 0 bridgehead atoms.